The first-order chi connectivity index (χ1) is 9.01. The summed E-state index contributed by atoms with van der Waals surface area (Å²) in [5.74, 6) is -1.40. The van der Waals surface area contributed by atoms with Crippen molar-refractivity contribution in [2.24, 2.45) is 5.92 Å². The van der Waals surface area contributed by atoms with E-state index in [4.69, 9.17) is 9.47 Å². The Bertz CT molecular complexity index is 335. The lowest BCUT2D eigenvalue weighted by Crippen LogP contribution is -2.54. The van der Waals surface area contributed by atoms with Gasteiger partial charge in [0, 0.05) is 19.1 Å². The molecule has 0 rings (SSSR count). The molecule has 2 unspecified atom stereocenters. The van der Waals surface area contributed by atoms with E-state index in [0.717, 1.165) is 0 Å². The van der Waals surface area contributed by atoms with Crippen LogP contribution in [0.3, 0.4) is 0 Å². The fourth-order valence-electron chi connectivity index (χ4n) is 1.95. The minimum atomic E-state index is -1.06. The summed E-state index contributed by atoms with van der Waals surface area (Å²) in [6.07, 6.45) is -0.622. The highest BCUT2D eigenvalue weighted by Gasteiger charge is 2.38. The molecule has 1 amide bonds. The van der Waals surface area contributed by atoms with Crippen molar-refractivity contribution in [2.45, 2.75) is 59.2 Å². The van der Waals surface area contributed by atoms with E-state index in [2.05, 4.69) is 0 Å². The molecule has 0 aliphatic heterocycles. The minimum absolute atomic E-state index is 0.253. The number of amides is 1. The molecular formula is C14H27NO5. The molecule has 0 saturated heterocycles. The molecule has 0 aliphatic carbocycles. The number of carboxylic acid groups (broad SMARTS) is 1. The predicted molar refractivity (Wildman–Crippen MR) is 75.7 cm³/mol. The van der Waals surface area contributed by atoms with Gasteiger partial charge in [0.15, 0.2) is 0 Å². The van der Waals surface area contributed by atoms with Gasteiger partial charge in [-0.15, -0.1) is 0 Å². The van der Waals surface area contributed by atoms with Gasteiger partial charge < -0.3 is 14.6 Å². The van der Waals surface area contributed by atoms with E-state index in [1.165, 1.54) is 12.0 Å². The monoisotopic (exact) mass is 289 g/mol. The predicted octanol–water partition coefficient (Wildman–Crippen LogP) is 2.37. The Morgan fingerprint density at radius 2 is 1.70 bits per heavy atom. The molecule has 6 heteroatoms. The van der Waals surface area contributed by atoms with Gasteiger partial charge in [0.25, 0.3) is 0 Å². The summed E-state index contributed by atoms with van der Waals surface area (Å²) in [6, 6.07) is -1.27. The van der Waals surface area contributed by atoms with E-state index in [0.29, 0.717) is 0 Å². The summed E-state index contributed by atoms with van der Waals surface area (Å²) in [7, 11) is 1.50. The van der Waals surface area contributed by atoms with Crippen LogP contribution in [-0.2, 0) is 14.3 Å². The number of carbonyl (C=O) groups is 2. The van der Waals surface area contributed by atoms with Gasteiger partial charge in [0.05, 0.1) is 6.61 Å². The van der Waals surface area contributed by atoms with E-state index < -0.39 is 23.7 Å². The average Bonchev–Trinajstić information content (AvgIpc) is 2.21. The largest absolute Gasteiger partial charge is 0.480 e. The van der Waals surface area contributed by atoms with Gasteiger partial charge in [-0.1, -0.05) is 6.92 Å². The molecule has 0 bridgehead atoms. The first-order valence-electron chi connectivity index (χ1n) is 6.74. The van der Waals surface area contributed by atoms with E-state index >= 15 is 0 Å². The molecule has 0 heterocycles. The standard InChI is InChI=1S/C14H27NO5/c1-9(2)15(13(18)20-14(4,5)6)11(12(16)17)10(3)8-19-7/h9-11H,8H2,1-7H3,(H,16,17). The van der Waals surface area contributed by atoms with Crippen LogP contribution in [0.1, 0.15) is 41.5 Å². The third-order valence-corrected chi connectivity index (χ3v) is 2.68. The van der Waals surface area contributed by atoms with Gasteiger partial charge in [-0.2, -0.15) is 0 Å². The highest BCUT2D eigenvalue weighted by Crippen LogP contribution is 2.20. The average molecular weight is 289 g/mol. The third-order valence-electron chi connectivity index (χ3n) is 2.68. The van der Waals surface area contributed by atoms with Gasteiger partial charge in [0.1, 0.15) is 11.6 Å². The Balaban J connectivity index is 5.29. The molecule has 0 aromatic carbocycles. The maximum Gasteiger partial charge on any atom is 0.411 e. The number of carbonyl (C=O) groups excluding carboxylic acids is 1. The lowest BCUT2D eigenvalue weighted by Gasteiger charge is -2.36. The number of methoxy groups -OCH3 is 1. The van der Waals surface area contributed by atoms with E-state index in [-0.39, 0.29) is 18.6 Å². The Morgan fingerprint density at radius 3 is 2.00 bits per heavy atom. The second kappa shape index (κ2) is 7.47. The first kappa shape index (κ1) is 18.7. The van der Waals surface area contributed by atoms with E-state index in [9.17, 15) is 14.7 Å². The Morgan fingerprint density at radius 1 is 1.20 bits per heavy atom. The smallest absolute Gasteiger partial charge is 0.411 e. The molecule has 0 aromatic heterocycles. The first-order valence-corrected chi connectivity index (χ1v) is 6.74. The Kier molecular flexibility index (Phi) is 6.99. The highest BCUT2D eigenvalue weighted by atomic mass is 16.6. The molecule has 6 nitrogen and oxygen atoms in total. The number of rotatable bonds is 6. The fraction of sp³-hybridized carbons (Fsp3) is 0.857. The number of hydrogen-bond acceptors (Lipinski definition) is 4. The number of aliphatic carboxylic acids is 1. The van der Waals surface area contributed by atoms with Crippen molar-refractivity contribution in [1.29, 1.82) is 0 Å². The number of hydrogen-bond donors (Lipinski definition) is 1. The van der Waals surface area contributed by atoms with Crippen molar-refractivity contribution >= 4 is 12.1 Å². The maximum absolute atomic E-state index is 12.3. The minimum Gasteiger partial charge on any atom is -0.480 e. The van der Waals surface area contributed by atoms with Crippen molar-refractivity contribution in [3.63, 3.8) is 0 Å². The van der Waals surface area contributed by atoms with Crippen molar-refractivity contribution in [3.05, 3.63) is 0 Å². The van der Waals surface area contributed by atoms with Crippen LogP contribution >= 0.6 is 0 Å². The molecule has 2 atom stereocenters. The van der Waals surface area contributed by atoms with Crippen LogP contribution in [0.2, 0.25) is 0 Å². The van der Waals surface area contributed by atoms with E-state index in [1.807, 2.05) is 0 Å². The second-order valence-electron chi connectivity index (χ2n) is 6.20. The van der Waals surface area contributed by atoms with Gasteiger partial charge in [-0.25, -0.2) is 9.59 Å². The van der Waals surface area contributed by atoms with Crippen molar-refractivity contribution < 1.29 is 24.2 Å². The summed E-state index contributed by atoms with van der Waals surface area (Å²) >= 11 is 0. The van der Waals surface area contributed by atoms with Gasteiger partial charge in [-0.3, -0.25) is 4.90 Å². The van der Waals surface area contributed by atoms with Crippen molar-refractivity contribution in [2.75, 3.05) is 13.7 Å². The highest BCUT2D eigenvalue weighted by molar-refractivity contribution is 5.80. The number of nitrogens with zero attached hydrogens (tertiary/aromatic N) is 1. The number of ether oxygens (including phenoxy) is 2. The van der Waals surface area contributed by atoms with Gasteiger partial charge in [-0.05, 0) is 34.6 Å². The molecular weight excluding hydrogens is 262 g/mol. The van der Waals surface area contributed by atoms with Crippen molar-refractivity contribution in [3.8, 4) is 0 Å². The number of carboxylic acids is 1. The summed E-state index contributed by atoms with van der Waals surface area (Å²) in [6.45, 7) is 10.8. The third kappa shape index (κ3) is 5.77. The fourth-order valence-corrected chi connectivity index (χ4v) is 1.95. The maximum atomic E-state index is 12.3. The molecule has 0 fully saturated rings. The molecule has 1 N–H and O–H groups in total. The second-order valence-corrected chi connectivity index (χ2v) is 6.20. The molecule has 0 aromatic rings. The van der Waals surface area contributed by atoms with Crippen molar-refractivity contribution in [1.82, 2.24) is 4.90 Å². The lowest BCUT2D eigenvalue weighted by molar-refractivity contribution is -0.146. The lowest BCUT2D eigenvalue weighted by atomic mass is 10.0. The van der Waals surface area contributed by atoms with Crippen LogP contribution in [0.5, 0.6) is 0 Å². The van der Waals surface area contributed by atoms with Crippen LogP contribution in [0.25, 0.3) is 0 Å². The molecule has 0 spiro atoms. The summed E-state index contributed by atoms with van der Waals surface area (Å²) in [4.78, 5) is 25.0. The van der Waals surface area contributed by atoms with Gasteiger partial charge >= 0.3 is 12.1 Å². The zero-order valence-electron chi connectivity index (χ0n) is 13.5. The Labute approximate surface area is 121 Å². The molecule has 0 aliphatic rings. The summed E-state index contributed by atoms with van der Waals surface area (Å²) in [5, 5.41) is 9.43. The molecule has 118 valence electrons. The normalized spacial score (nSPS) is 14.8. The molecule has 0 radical (unpaired) electrons. The molecule has 0 saturated carbocycles. The quantitative estimate of drug-likeness (QED) is 0.812. The zero-order valence-corrected chi connectivity index (χ0v) is 13.5. The summed E-state index contributed by atoms with van der Waals surface area (Å²) in [5.41, 5.74) is -0.669. The van der Waals surface area contributed by atoms with Crippen LogP contribution in [0.4, 0.5) is 4.79 Å². The van der Waals surface area contributed by atoms with E-state index in [1.54, 1.807) is 41.5 Å². The molecule has 20 heavy (non-hydrogen) atoms. The summed E-state index contributed by atoms with van der Waals surface area (Å²) < 4.78 is 10.3. The van der Waals surface area contributed by atoms with Crippen LogP contribution in [0, 0.1) is 5.92 Å². The zero-order chi connectivity index (χ0) is 16.1. The topological polar surface area (TPSA) is 76.1 Å². The van der Waals surface area contributed by atoms with Crippen LogP contribution in [-0.4, -0.2) is 53.5 Å². The van der Waals surface area contributed by atoms with Crippen LogP contribution < -0.4 is 0 Å². The van der Waals surface area contributed by atoms with Crippen LogP contribution in [0.15, 0.2) is 0 Å². The SMILES string of the molecule is COCC(C)C(C(=O)O)N(C(=O)OC(C)(C)C)C(C)C. The Hall–Kier alpha value is -1.30. The van der Waals surface area contributed by atoms with Gasteiger partial charge in [0.2, 0.25) is 0 Å².